The molecule has 0 spiro atoms. The van der Waals surface area contributed by atoms with Crippen molar-refractivity contribution >= 4 is 11.9 Å². The molecule has 1 aromatic rings. The van der Waals surface area contributed by atoms with E-state index in [1.165, 1.54) is 18.7 Å². The molecule has 1 rings (SSSR count). The Morgan fingerprint density at radius 1 is 1.30 bits per heavy atom. The zero-order valence-corrected chi connectivity index (χ0v) is 11.5. The highest BCUT2D eigenvalue weighted by atomic mass is 16.4. The summed E-state index contributed by atoms with van der Waals surface area (Å²) in [5, 5.41) is 9.14. The van der Waals surface area contributed by atoms with Crippen molar-refractivity contribution in [3.63, 3.8) is 0 Å². The van der Waals surface area contributed by atoms with Crippen molar-refractivity contribution in [1.82, 2.24) is 14.9 Å². The van der Waals surface area contributed by atoms with Crippen LogP contribution in [0.25, 0.3) is 0 Å². The molecule has 8 heteroatoms. The quantitative estimate of drug-likeness (QED) is 0.660. The molecular formula is C12H17N3O5. The lowest BCUT2D eigenvalue weighted by Crippen LogP contribution is -2.53. The maximum atomic E-state index is 12.1. The van der Waals surface area contributed by atoms with E-state index < -0.39 is 28.7 Å². The number of H-pyrrole nitrogens is 2. The third kappa shape index (κ3) is 3.34. The largest absolute Gasteiger partial charge is 0.480 e. The summed E-state index contributed by atoms with van der Waals surface area (Å²) in [5.74, 6) is -1.62. The summed E-state index contributed by atoms with van der Waals surface area (Å²) in [6.45, 7) is 4.68. The first-order chi connectivity index (χ1) is 9.18. The van der Waals surface area contributed by atoms with Gasteiger partial charge in [-0.05, 0) is 20.8 Å². The Morgan fingerprint density at radius 2 is 1.90 bits per heavy atom. The van der Waals surface area contributed by atoms with Gasteiger partial charge in [-0.2, -0.15) is 0 Å². The van der Waals surface area contributed by atoms with E-state index in [0.29, 0.717) is 0 Å². The highest BCUT2D eigenvalue weighted by Crippen LogP contribution is 2.15. The standard InChI is InChI=1S/C12H17N3O5/c1-4-15(12(2,3)10(18)19)9(17)6-7-5-8(16)14-11(20)13-7/h5H,4,6H2,1-3H3,(H,18,19)(H2,13,14,16,20). The van der Waals surface area contributed by atoms with Crippen LogP contribution in [0.2, 0.25) is 0 Å². The number of likely N-dealkylation sites (N-methyl/N-ethyl adjacent to an activating group) is 1. The van der Waals surface area contributed by atoms with Gasteiger partial charge in [0.1, 0.15) is 5.54 Å². The van der Waals surface area contributed by atoms with E-state index in [1.807, 2.05) is 4.98 Å². The molecule has 20 heavy (non-hydrogen) atoms. The maximum absolute atomic E-state index is 12.1. The van der Waals surface area contributed by atoms with Crippen molar-refractivity contribution in [3.05, 3.63) is 32.6 Å². The highest BCUT2D eigenvalue weighted by molar-refractivity contribution is 5.87. The van der Waals surface area contributed by atoms with Gasteiger partial charge in [-0.3, -0.25) is 14.6 Å². The Labute approximate surface area is 114 Å². The summed E-state index contributed by atoms with van der Waals surface area (Å²) >= 11 is 0. The van der Waals surface area contributed by atoms with E-state index in [2.05, 4.69) is 4.98 Å². The van der Waals surface area contributed by atoms with Crippen LogP contribution in [-0.4, -0.2) is 43.9 Å². The van der Waals surface area contributed by atoms with Gasteiger partial charge >= 0.3 is 11.7 Å². The van der Waals surface area contributed by atoms with Crippen LogP contribution in [0.1, 0.15) is 26.5 Å². The third-order valence-electron chi connectivity index (χ3n) is 2.97. The predicted molar refractivity (Wildman–Crippen MR) is 70.5 cm³/mol. The molecule has 3 N–H and O–H groups in total. The lowest BCUT2D eigenvalue weighted by molar-refractivity contribution is -0.156. The average Bonchev–Trinajstić information content (AvgIpc) is 2.27. The third-order valence-corrected chi connectivity index (χ3v) is 2.97. The first kappa shape index (κ1) is 15.7. The maximum Gasteiger partial charge on any atom is 0.329 e. The minimum Gasteiger partial charge on any atom is -0.480 e. The number of aliphatic carboxylic acids is 1. The Morgan fingerprint density at radius 3 is 2.35 bits per heavy atom. The molecule has 8 nitrogen and oxygen atoms in total. The van der Waals surface area contributed by atoms with Gasteiger partial charge in [0, 0.05) is 18.3 Å². The molecular weight excluding hydrogens is 266 g/mol. The number of carbonyl (C=O) groups excluding carboxylic acids is 1. The fourth-order valence-electron chi connectivity index (χ4n) is 1.87. The van der Waals surface area contributed by atoms with E-state index in [0.717, 1.165) is 6.07 Å². The van der Waals surface area contributed by atoms with Crippen molar-refractivity contribution in [2.45, 2.75) is 32.7 Å². The number of hydrogen-bond donors (Lipinski definition) is 3. The Hall–Kier alpha value is -2.38. The van der Waals surface area contributed by atoms with Crippen molar-refractivity contribution in [3.8, 4) is 0 Å². The number of aromatic amines is 2. The molecule has 1 aromatic heterocycles. The zero-order valence-electron chi connectivity index (χ0n) is 11.5. The molecule has 0 aliphatic carbocycles. The van der Waals surface area contributed by atoms with Crippen LogP contribution in [0.5, 0.6) is 0 Å². The molecule has 1 amide bonds. The van der Waals surface area contributed by atoms with Crippen LogP contribution in [0.3, 0.4) is 0 Å². The lowest BCUT2D eigenvalue weighted by atomic mass is 10.0. The number of amides is 1. The van der Waals surface area contributed by atoms with Gasteiger partial charge in [-0.15, -0.1) is 0 Å². The summed E-state index contributed by atoms with van der Waals surface area (Å²) in [4.78, 5) is 51.1. The number of aromatic nitrogens is 2. The van der Waals surface area contributed by atoms with Gasteiger partial charge in [-0.25, -0.2) is 9.59 Å². The fourth-order valence-corrected chi connectivity index (χ4v) is 1.87. The van der Waals surface area contributed by atoms with Gasteiger partial charge in [0.15, 0.2) is 0 Å². The lowest BCUT2D eigenvalue weighted by Gasteiger charge is -2.34. The zero-order chi connectivity index (χ0) is 15.5. The second-order valence-corrected chi connectivity index (χ2v) is 4.79. The Balaban J connectivity index is 3.02. The van der Waals surface area contributed by atoms with Crippen LogP contribution < -0.4 is 11.2 Å². The first-order valence-electron chi connectivity index (χ1n) is 6.05. The number of nitrogens with one attached hydrogen (secondary N) is 2. The van der Waals surface area contributed by atoms with Crippen LogP contribution in [-0.2, 0) is 16.0 Å². The monoisotopic (exact) mass is 283 g/mol. The normalized spacial score (nSPS) is 11.2. The fraction of sp³-hybridized carbons (Fsp3) is 0.500. The highest BCUT2D eigenvalue weighted by Gasteiger charge is 2.36. The molecule has 0 aliphatic heterocycles. The summed E-state index contributed by atoms with van der Waals surface area (Å²) in [6, 6.07) is 1.10. The molecule has 0 aromatic carbocycles. The molecule has 0 bridgehead atoms. The molecule has 0 aliphatic rings. The Kier molecular flexibility index (Phi) is 4.49. The molecule has 0 saturated carbocycles. The van der Waals surface area contributed by atoms with E-state index in [4.69, 9.17) is 5.11 Å². The number of nitrogens with zero attached hydrogens (tertiary/aromatic N) is 1. The van der Waals surface area contributed by atoms with E-state index >= 15 is 0 Å². The van der Waals surface area contributed by atoms with Gasteiger partial charge in [0.25, 0.3) is 5.56 Å². The van der Waals surface area contributed by atoms with Crippen LogP contribution >= 0.6 is 0 Å². The van der Waals surface area contributed by atoms with Crippen molar-refractivity contribution < 1.29 is 14.7 Å². The number of carboxylic acids is 1. The first-order valence-corrected chi connectivity index (χ1v) is 6.05. The van der Waals surface area contributed by atoms with Crippen LogP contribution in [0.4, 0.5) is 0 Å². The predicted octanol–water partition coefficient (Wildman–Crippen LogP) is -0.683. The molecule has 0 radical (unpaired) electrons. The minimum absolute atomic E-state index is 0.142. The summed E-state index contributed by atoms with van der Waals surface area (Å²) in [5.41, 5.74) is -2.55. The topological polar surface area (TPSA) is 123 Å². The summed E-state index contributed by atoms with van der Waals surface area (Å²) < 4.78 is 0. The second kappa shape index (κ2) is 5.72. The smallest absolute Gasteiger partial charge is 0.329 e. The van der Waals surface area contributed by atoms with Crippen molar-refractivity contribution in [2.24, 2.45) is 0 Å². The summed E-state index contributed by atoms with van der Waals surface area (Å²) in [7, 11) is 0. The van der Waals surface area contributed by atoms with Gasteiger partial charge in [0.05, 0.1) is 6.42 Å². The minimum atomic E-state index is -1.37. The number of carboxylic acid groups (broad SMARTS) is 1. The second-order valence-electron chi connectivity index (χ2n) is 4.79. The van der Waals surface area contributed by atoms with E-state index in [9.17, 15) is 19.2 Å². The molecule has 0 fully saturated rings. The molecule has 0 atom stereocenters. The number of hydrogen-bond acceptors (Lipinski definition) is 4. The van der Waals surface area contributed by atoms with Crippen LogP contribution in [0.15, 0.2) is 15.7 Å². The van der Waals surface area contributed by atoms with Gasteiger partial charge < -0.3 is 15.0 Å². The van der Waals surface area contributed by atoms with Crippen molar-refractivity contribution in [2.75, 3.05) is 6.54 Å². The van der Waals surface area contributed by atoms with E-state index in [1.54, 1.807) is 6.92 Å². The number of rotatable bonds is 5. The number of carbonyl (C=O) groups is 2. The van der Waals surface area contributed by atoms with Crippen molar-refractivity contribution in [1.29, 1.82) is 0 Å². The SMILES string of the molecule is CCN(C(=O)Cc1cc(=O)[nH]c(=O)[nH]1)C(C)(C)C(=O)O. The average molecular weight is 283 g/mol. The van der Waals surface area contributed by atoms with Crippen LogP contribution in [0, 0.1) is 0 Å². The van der Waals surface area contributed by atoms with Gasteiger partial charge in [-0.1, -0.05) is 0 Å². The Bertz CT molecular complexity index is 600. The summed E-state index contributed by atoms with van der Waals surface area (Å²) in [6.07, 6.45) is -0.246. The molecule has 110 valence electrons. The molecule has 0 unspecified atom stereocenters. The van der Waals surface area contributed by atoms with Gasteiger partial charge in [0.2, 0.25) is 5.91 Å². The molecule has 0 saturated heterocycles. The molecule has 1 heterocycles. The van der Waals surface area contributed by atoms with E-state index in [-0.39, 0.29) is 18.7 Å².